The largest absolute Gasteiger partial charge is 0.490 e. The molecule has 0 aromatic heterocycles. The number of alkyl halides is 5. The molecule has 1 aliphatic rings. The molecule has 0 spiro atoms. The molecular weight excluding hydrogens is 373 g/mol. The van der Waals surface area contributed by atoms with E-state index in [1.165, 1.54) is 0 Å². The smallest absolute Gasteiger partial charge is 0.475 e. The molecule has 1 aromatic rings. The van der Waals surface area contributed by atoms with Crippen LogP contribution in [0.25, 0.3) is 0 Å². The van der Waals surface area contributed by atoms with Gasteiger partial charge in [0.05, 0.1) is 12.1 Å². The zero-order chi connectivity index (χ0) is 19.3. The van der Waals surface area contributed by atoms with Gasteiger partial charge >= 0.3 is 12.1 Å². The van der Waals surface area contributed by atoms with E-state index >= 15 is 0 Å². The monoisotopic (exact) mass is 389 g/mol. The average molecular weight is 390 g/mol. The Hall–Kier alpha value is -1.45. The SMILES string of the molecule is O=C(O)C(F)(F)F.OC1(c2ccc(Cl)cc2)CCN(CC(F)F)CC1. The lowest BCUT2D eigenvalue weighted by molar-refractivity contribution is -0.192. The summed E-state index contributed by atoms with van der Waals surface area (Å²) < 4.78 is 56.3. The molecule has 1 saturated heterocycles. The molecule has 0 unspecified atom stereocenters. The molecule has 2 N–H and O–H groups in total. The molecule has 1 fully saturated rings. The predicted octanol–water partition coefficient (Wildman–Crippen LogP) is 3.52. The minimum atomic E-state index is -5.08. The Kier molecular flexibility index (Phi) is 7.58. The summed E-state index contributed by atoms with van der Waals surface area (Å²) in [5.74, 6) is -2.76. The van der Waals surface area contributed by atoms with E-state index in [1.54, 1.807) is 29.2 Å². The summed E-state index contributed by atoms with van der Waals surface area (Å²) in [6, 6.07) is 7.07. The highest BCUT2D eigenvalue weighted by Crippen LogP contribution is 2.33. The van der Waals surface area contributed by atoms with E-state index in [1.807, 2.05) is 0 Å². The normalized spacial score (nSPS) is 17.8. The van der Waals surface area contributed by atoms with Crippen molar-refractivity contribution >= 4 is 17.6 Å². The van der Waals surface area contributed by atoms with E-state index in [0.29, 0.717) is 31.0 Å². The number of hydrogen-bond acceptors (Lipinski definition) is 3. The Morgan fingerprint density at radius 2 is 1.64 bits per heavy atom. The minimum Gasteiger partial charge on any atom is -0.475 e. The molecule has 1 aliphatic heterocycles. The second kappa shape index (κ2) is 8.77. The second-order valence-electron chi connectivity index (χ2n) is 5.53. The van der Waals surface area contributed by atoms with E-state index in [2.05, 4.69) is 0 Å². The molecular formula is C15H17ClF5NO3. The number of rotatable bonds is 3. The Bertz CT molecular complexity index is 557. The van der Waals surface area contributed by atoms with Crippen molar-refractivity contribution in [2.24, 2.45) is 0 Å². The van der Waals surface area contributed by atoms with Crippen LogP contribution >= 0.6 is 11.6 Å². The molecule has 10 heteroatoms. The van der Waals surface area contributed by atoms with Crippen molar-refractivity contribution < 1.29 is 37.0 Å². The highest BCUT2D eigenvalue weighted by molar-refractivity contribution is 6.30. The standard InChI is InChI=1S/C13H16ClF2NO.C2HF3O2/c14-11-3-1-10(2-4-11)13(18)5-7-17(8-6-13)9-12(15)16;3-2(4,5)1(6)7/h1-4,12,18H,5-9H2;(H,6,7). The first-order valence-corrected chi connectivity index (χ1v) is 7.61. The number of carboxylic acid groups (broad SMARTS) is 1. The van der Waals surface area contributed by atoms with Crippen molar-refractivity contribution in [3.8, 4) is 0 Å². The molecule has 2 rings (SSSR count). The predicted molar refractivity (Wildman–Crippen MR) is 80.7 cm³/mol. The Morgan fingerprint density at radius 1 is 1.20 bits per heavy atom. The summed E-state index contributed by atoms with van der Waals surface area (Å²) in [6.07, 6.45) is -6.45. The topological polar surface area (TPSA) is 60.8 Å². The molecule has 4 nitrogen and oxygen atoms in total. The fraction of sp³-hybridized carbons (Fsp3) is 0.533. The number of aliphatic hydroxyl groups is 1. The van der Waals surface area contributed by atoms with Crippen LogP contribution in [0.1, 0.15) is 18.4 Å². The number of carboxylic acids is 1. The van der Waals surface area contributed by atoms with Gasteiger partial charge in [-0.05, 0) is 30.5 Å². The Labute approximate surface area is 145 Å². The van der Waals surface area contributed by atoms with Gasteiger partial charge in [0.25, 0.3) is 6.43 Å². The summed E-state index contributed by atoms with van der Waals surface area (Å²) in [5.41, 5.74) is -0.105. The number of aliphatic carboxylic acids is 1. The first kappa shape index (κ1) is 21.6. The van der Waals surface area contributed by atoms with E-state index in [0.717, 1.165) is 5.56 Å². The average Bonchev–Trinajstić information content (AvgIpc) is 2.49. The van der Waals surface area contributed by atoms with Crippen LogP contribution in [-0.4, -0.2) is 53.3 Å². The lowest BCUT2D eigenvalue weighted by Gasteiger charge is -2.38. The van der Waals surface area contributed by atoms with Crippen molar-refractivity contribution in [1.82, 2.24) is 4.90 Å². The van der Waals surface area contributed by atoms with Crippen LogP contribution in [0.3, 0.4) is 0 Å². The van der Waals surface area contributed by atoms with Crippen LogP contribution in [0.5, 0.6) is 0 Å². The molecule has 25 heavy (non-hydrogen) atoms. The molecule has 0 bridgehead atoms. The van der Waals surface area contributed by atoms with Crippen molar-refractivity contribution in [2.75, 3.05) is 19.6 Å². The number of benzene rings is 1. The molecule has 0 atom stereocenters. The number of carbonyl (C=O) groups is 1. The number of likely N-dealkylation sites (tertiary alicyclic amines) is 1. The van der Waals surface area contributed by atoms with Crippen LogP contribution in [0, 0.1) is 0 Å². The zero-order valence-corrected chi connectivity index (χ0v) is 13.7. The van der Waals surface area contributed by atoms with Gasteiger partial charge in [-0.15, -0.1) is 0 Å². The van der Waals surface area contributed by atoms with Crippen LogP contribution in [0.15, 0.2) is 24.3 Å². The van der Waals surface area contributed by atoms with Crippen molar-refractivity contribution in [1.29, 1.82) is 0 Å². The van der Waals surface area contributed by atoms with Gasteiger partial charge in [0, 0.05) is 18.1 Å². The Morgan fingerprint density at radius 3 is 2.00 bits per heavy atom. The molecule has 1 aromatic carbocycles. The van der Waals surface area contributed by atoms with Gasteiger partial charge < -0.3 is 10.2 Å². The van der Waals surface area contributed by atoms with Crippen molar-refractivity contribution in [3.05, 3.63) is 34.9 Å². The number of nitrogens with zero attached hydrogens (tertiary/aromatic N) is 1. The van der Waals surface area contributed by atoms with E-state index < -0.39 is 24.2 Å². The maximum absolute atomic E-state index is 12.3. The maximum atomic E-state index is 12.3. The van der Waals surface area contributed by atoms with Gasteiger partial charge in [-0.25, -0.2) is 13.6 Å². The molecule has 0 radical (unpaired) electrons. The van der Waals surface area contributed by atoms with Gasteiger partial charge in [-0.2, -0.15) is 13.2 Å². The fourth-order valence-electron chi connectivity index (χ4n) is 2.35. The van der Waals surface area contributed by atoms with E-state index in [-0.39, 0.29) is 6.54 Å². The third-order valence-electron chi connectivity index (χ3n) is 3.70. The number of hydrogen-bond donors (Lipinski definition) is 2. The maximum Gasteiger partial charge on any atom is 0.490 e. The highest BCUT2D eigenvalue weighted by atomic mass is 35.5. The van der Waals surface area contributed by atoms with Crippen LogP contribution in [0.4, 0.5) is 22.0 Å². The minimum absolute atomic E-state index is 0.212. The van der Waals surface area contributed by atoms with Crippen LogP contribution < -0.4 is 0 Å². The van der Waals surface area contributed by atoms with E-state index in [9.17, 15) is 27.1 Å². The summed E-state index contributed by atoms with van der Waals surface area (Å²) in [7, 11) is 0. The summed E-state index contributed by atoms with van der Waals surface area (Å²) in [5, 5.41) is 18.3. The van der Waals surface area contributed by atoms with Gasteiger partial charge in [-0.1, -0.05) is 23.7 Å². The fourth-order valence-corrected chi connectivity index (χ4v) is 2.48. The van der Waals surface area contributed by atoms with E-state index in [4.69, 9.17) is 21.5 Å². The summed E-state index contributed by atoms with van der Waals surface area (Å²) >= 11 is 5.80. The number of halogens is 6. The summed E-state index contributed by atoms with van der Waals surface area (Å²) in [6.45, 7) is 0.767. The van der Waals surface area contributed by atoms with Gasteiger partial charge in [-0.3, -0.25) is 4.90 Å². The third kappa shape index (κ3) is 7.13. The number of piperidine rings is 1. The van der Waals surface area contributed by atoms with Crippen molar-refractivity contribution in [2.45, 2.75) is 31.0 Å². The molecule has 1 heterocycles. The van der Waals surface area contributed by atoms with Crippen LogP contribution in [-0.2, 0) is 10.4 Å². The second-order valence-corrected chi connectivity index (χ2v) is 5.97. The third-order valence-corrected chi connectivity index (χ3v) is 3.96. The van der Waals surface area contributed by atoms with Crippen LogP contribution in [0.2, 0.25) is 5.02 Å². The molecule has 0 aliphatic carbocycles. The van der Waals surface area contributed by atoms with Crippen molar-refractivity contribution in [3.63, 3.8) is 0 Å². The molecule has 0 amide bonds. The first-order valence-electron chi connectivity index (χ1n) is 7.23. The Balaban J connectivity index is 0.000000381. The zero-order valence-electron chi connectivity index (χ0n) is 12.9. The summed E-state index contributed by atoms with van der Waals surface area (Å²) in [4.78, 5) is 10.6. The van der Waals surface area contributed by atoms with Gasteiger partial charge in [0.1, 0.15) is 0 Å². The molecule has 0 saturated carbocycles. The van der Waals surface area contributed by atoms with Gasteiger partial charge in [0.2, 0.25) is 0 Å². The van der Waals surface area contributed by atoms with Gasteiger partial charge in [0.15, 0.2) is 0 Å². The first-order chi connectivity index (χ1) is 11.4. The highest BCUT2D eigenvalue weighted by Gasteiger charge is 2.38. The lowest BCUT2D eigenvalue weighted by Crippen LogP contribution is -2.44. The quantitative estimate of drug-likeness (QED) is 0.777. The molecule has 142 valence electrons. The lowest BCUT2D eigenvalue weighted by atomic mass is 9.84.